The second kappa shape index (κ2) is 35.4. The van der Waals surface area contributed by atoms with Crippen LogP contribution in [0.15, 0.2) is 127 Å². The molecule has 9 N–H and O–H groups in total. The smallest absolute Gasteiger partial charge is 0.407 e. The Morgan fingerprint density at radius 1 is 0.469 bits per heavy atom. The zero-order valence-corrected chi connectivity index (χ0v) is 47.6. The summed E-state index contributed by atoms with van der Waals surface area (Å²) in [6.45, 7) is 1.15. The van der Waals surface area contributed by atoms with Crippen LogP contribution in [0, 0.1) is 0 Å². The summed E-state index contributed by atoms with van der Waals surface area (Å²) in [6.07, 6.45) is 1.69. The number of nitrogens with two attached hydrogens (primary N) is 1. The van der Waals surface area contributed by atoms with Gasteiger partial charge in [-0.15, -0.1) is 0 Å². The van der Waals surface area contributed by atoms with Crippen molar-refractivity contribution in [2.24, 2.45) is 5.73 Å². The Kier molecular flexibility index (Phi) is 27.8. The molecule has 0 saturated carbocycles. The van der Waals surface area contributed by atoms with Crippen molar-refractivity contribution in [2.75, 3.05) is 48.9 Å². The van der Waals surface area contributed by atoms with Gasteiger partial charge in [-0.2, -0.15) is 0 Å². The van der Waals surface area contributed by atoms with Crippen LogP contribution in [0.4, 0.5) is 25.8 Å². The van der Waals surface area contributed by atoms with Crippen LogP contribution < -0.4 is 52.4 Å². The van der Waals surface area contributed by atoms with E-state index in [2.05, 4.69) is 37.2 Å². The van der Waals surface area contributed by atoms with Crippen LogP contribution in [0.3, 0.4) is 0 Å². The maximum atomic E-state index is 14.3. The number of anilines is 2. The van der Waals surface area contributed by atoms with Crippen molar-refractivity contribution in [1.82, 2.24) is 26.6 Å². The maximum Gasteiger partial charge on any atom is 0.407 e. The third-order valence-corrected chi connectivity index (χ3v) is 13.2. The number of alkyl carbamates (subject to hydrolysis) is 3. The van der Waals surface area contributed by atoms with Crippen LogP contribution in [-0.4, -0.2) is 104 Å². The number of ether oxygens (including phenoxy) is 5. The SMILES string of the molecule is COc1ccc(NC(=O)[C@H](CCCCNC(=O)OCc2ccccc2)NC(=O)c2cc(NC(=O)[C@@H](N)CCCCNC(=O)OCc3ccccc3)ccc2OC)cc1C(=O)N[C@@H](CCCCNC(=O)OCc1ccccc1)C(=O)CI. The first-order valence-corrected chi connectivity index (χ1v) is 28.1. The molecule has 5 aromatic rings. The minimum atomic E-state index is -1.19. The first-order valence-electron chi connectivity index (χ1n) is 26.5. The largest absolute Gasteiger partial charge is 0.496 e. The molecule has 22 heteroatoms. The van der Waals surface area contributed by atoms with Crippen molar-refractivity contribution < 1.29 is 62.0 Å². The molecule has 0 aromatic heterocycles. The van der Waals surface area contributed by atoms with Crippen LogP contribution in [0.2, 0.25) is 0 Å². The van der Waals surface area contributed by atoms with Gasteiger partial charge in [-0.1, -0.05) is 114 Å². The van der Waals surface area contributed by atoms with Gasteiger partial charge in [0.15, 0.2) is 5.78 Å². The summed E-state index contributed by atoms with van der Waals surface area (Å²) in [4.78, 5) is 105. The highest BCUT2D eigenvalue weighted by molar-refractivity contribution is 14.1. The Balaban J connectivity index is 1.20. The lowest BCUT2D eigenvalue weighted by atomic mass is 10.0. The molecular formula is C59H71IN8O13. The van der Waals surface area contributed by atoms with E-state index in [9.17, 15) is 38.4 Å². The number of unbranched alkanes of at least 4 members (excludes halogenated alkanes) is 3. The van der Waals surface area contributed by atoms with Crippen LogP contribution in [0.1, 0.15) is 95.2 Å². The van der Waals surface area contributed by atoms with E-state index in [0.29, 0.717) is 51.5 Å². The highest BCUT2D eigenvalue weighted by atomic mass is 127. The van der Waals surface area contributed by atoms with Crippen molar-refractivity contribution in [3.8, 4) is 11.5 Å². The zero-order chi connectivity index (χ0) is 58.2. The van der Waals surface area contributed by atoms with Gasteiger partial charge in [0.2, 0.25) is 11.8 Å². The Hall–Kier alpha value is -8.25. The van der Waals surface area contributed by atoms with Gasteiger partial charge in [0.05, 0.1) is 41.9 Å². The molecule has 5 rings (SSSR count). The number of Topliss-reactive ketones (excluding diaryl/α,β-unsaturated/α-hetero) is 1. The lowest BCUT2D eigenvalue weighted by Gasteiger charge is -2.21. The average Bonchev–Trinajstić information content (AvgIpc) is 3.59. The number of rotatable bonds is 33. The number of amides is 7. The number of carbonyl (C=O) groups excluding carboxylic acids is 8. The highest BCUT2D eigenvalue weighted by Crippen LogP contribution is 2.26. The van der Waals surface area contributed by atoms with Gasteiger partial charge >= 0.3 is 18.3 Å². The first-order chi connectivity index (χ1) is 39.3. The fourth-order valence-electron chi connectivity index (χ4n) is 8.00. The summed E-state index contributed by atoms with van der Waals surface area (Å²) in [7, 11) is 2.74. The van der Waals surface area contributed by atoms with Crippen LogP contribution in [-0.2, 0) is 48.4 Å². The van der Waals surface area contributed by atoms with Crippen LogP contribution in [0.5, 0.6) is 11.5 Å². The summed E-state index contributed by atoms with van der Waals surface area (Å²) >= 11 is 1.93. The fourth-order valence-corrected chi connectivity index (χ4v) is 8.53. The average molecular weight is 1230 g/mol. The second-order valence-electron chi connectivity index (χ2n) is 18.5. The van der Waals surface area contributed by atoms with Crippen LogP contribution in [0.25, 0.3) is 0 Å². The Bertz CT molecular complexity index is 2830. The maximum absolute atomic E-state index is 14.3. The summed E-state index contributed by atoms with van der Waals surface area (Å²) < 4.78 is 26.9. The number of carbonyl (C=O) groups is 8. The number of halogens is 1. The molecule has 5 aromatic carbocycles. The van der Waals surface area contributed by atoms with Gasteiger partial charge in [-0.3, -0.25) is 24.0 Å². The number of alkyl halides is 1. The van der Waals surface area contributed by atoms with Crippen molar-refractivity contribution in [3.63, 3.8) is 0 Å². The topological polar surface area (TPSA) is 293 Å². The number of methoxy groups -OCH3 is 2. The normalized spacial score (nSPS) is 11.8. The third-order valence-electron chi connectivity index (χ3n) is 12.4. The number of ketones is 1. The van der Waals surface area contributed by atoms with Gasteiger partial charge in [-0.25, -0.2) is 14.4 Å². The van der Waals surface area contributed by atoms with Gasteiger partial charge in [0.25, 0.3) is 11.8 Å². The van der Waals surface area contributed by atoms with Crippen molar-refractivity contribution in [1.29, 1.82) is 0 Å². The van der Waals surface area contributed by atoms with E-state index in [1.165, 1.54) is 50.6 Å². The third kappa shape index (κ3) is 23.2. The molecule has 0 fully saturated rings. The Morgan fingerprint density at radius 2 is 0.840 bits per heavy atom. The summed E-state index contributed by atoms with van der Waals surface area (Å²) in [5.74, 6) is -2.44. The zero-order valence-electron chi connectivity index (χ0n) is 45.4. The first kappa shape index (κ1) is 63.6. The standard InChI is InChI=1S/C59H71IN8O13/c1-77-51-30-28-44(35-45(51)53(70)67-48(50(69)36-60)25-13-16-32-63-58(75)80-38-41-20-8-4-9-21-41)66-56(73)49(26-14-17-33-64-59(76)81-39-42-22-10-5-11-23-42)68-54(71)46-34-43(27-29-52(46)78-2)65-55(72)47(61)24-12-15-31-62-57(74)79-37-40-18-6-3-7-19-40/h3-11,18-23,27-30,34-35,47-49H,12-17,24-26,31-33,36-39,61H2,1-2H3,(H,62,74)(H,63,75)(H,64,76)(H,65,72)(H,66,73)(H,67,70)(H,68,71)/t47-,48-,49-/m0/s1. The Morgan fingerprint density at radius 3 is 1.23 bits per heavy atom. The van der Waals surface area contributed by atoms with E-state index in [-0.39, 0.29) is 90.0 Å². The molecule has 0 saturated heterocycles. The van der Waals surface area contributed by atoms with Crippen molar-refractivity contribution in [2.45, 2.75) is 95.7 Å². The monoisotopic (exact) mass is 1230 g/mol. The highest BCUT2D eigenvalue weighted by Gasteiger charge is 2.27. The molecule has 0 aliphatic heterocycles. The number of nitrogens with one attached hydrogen (secondary N) is 7. The molecule has 21 nitrogen and oxygen atoms in total. The number of hydrogen-bond acceptors (Lipinski definition) is 14. The van der Waals surface area contributed by atoms with E-state index in [0.717, 1.165) is 16.7 Å². The molecule has 0 unspecified atom stereocenters. The molecule has 432 valence electrons. The predicted octanol–water partition coefficient (Wildman–Crippen LogP) is 8.10. The van der Waals surface area contributed by atoms with Gasteiger partial charge in [0.1, 0.15) is 37.4 Å². The lowest BCUT2D eigenvalue weighted by Crippen LogP contribution is -2.44. The van der Waals surface area contributed by atoms with Crippen LogP contribution >= 0.6 is 22.6 Å². The van der Waals surface area contributed by atoms with E-state index < -0.39 is 60.0 Å². The lowest BCUT2D eigenvalue weighted by molar-refractivity contribution is -0.119. The summed E-state index contributed by atoms with van der Waals surface area (Å²) in [6, 6.07) is 33.6. The molecule has 0 heterocycles. The molecule has 81 heavy (non-hydrogen) atoms. The molecule has 0 aliphatic carbocycles. The van der Waals surface area contributed by atoms with Crippen molar-refractivity contribution >= 4 is 81.7 Å². The molecule has 3 atom stereocenters. The van der Waals surface area contributed by atoms with Crippen molar-refractivity contribution in [3.05, 3.63) is 155 Å². The van der Waals surface area contributed by atoms with Gasteiger partial charge < -0.3 is 66.6 Å². The van der Waals surface area contributed by atoms with E-state index in [4.69, 9.17) is 29.4 Å². The summed E-state index contributed by atoms with van der Waals surface area (Å²) in [5.41, 5.74) is 9.18. The predicted molar refractivity (Wildman–Crippen MR) is 313 cm³/mol. The molecule has 0 radical (unpaired) electrons. The van der Waals surface area contributed by atoms with Gasteiger partial charge in [0, 0.05) is 31.0 Å². The van der Waals surface area contributed by atoms with E-state index in [1.54, 1.807) is 0 Å². The molecule has 0 aliphatic rings. The van der Waals surface area contributed by atoms with Gasteiger partial charge in [-0.05, 0) is 111 Å². The van der Waals surface area contributed by atoms with E-state index in [1.807, 2.05) is 114 Å². The number of hydrogen-bond donors (Lipinski definition) is 8. The second-order valence-corrected chi connectivity index (χ2v) is 19.3. The molecule has 7 amide bonds. The molecular weight excluding hydrogens is 1160 g/mol. The fraction of sp³-hybridized carbons (Fsp3) is 0.356. The summed E-state index contributed by atoms with van der Waals surface area (Å²) in [5, 5.41) is 19.2. The Labute approximate surface area is 485 Å². The minimum absolute atomic E-state index is 0.00802. The molecule has 0 bridgehead atoms. The quantitative estimate of drug-likeness (QED) is 0.00853. The molecule has 0 spiro atoms. The van der Waals surface area contributed by atoms with E-state index >= 15 is 0 Å². The minimum Gasteiger partial charge on any atom is -0.496 e. The number of benzene rings is 5.